The van der Waals surface area contributed by atoms with E-state index in [1.165, 1.54) is 12.1 Å². The second-order valence-corrected chi connectivity index (χ2v) is 4.40. The van der Waals surface area contributed by atoms with Crippen molar-refractivity contribution in [3.8, 4) is 0 Å². The van der Waals surface area contributed by atoms with Gasteiger partial charge in [0.05, 0.1) is 6.10 Å². The number of aliphatic hydroxyl groups is 1. The van der Waals surface area contributed by atoms with Crippen molar-refractivity contribution in [2.24, 2.45) is 5.73 Å². The monoisotopic (exact) mass is 209 g/mol. The molecule has 1 fully saturated rings. The lowest BCUT2D eigenvalue weighted by molar-refractivity contribution is 0.0968. The van der Waals surface area contributed by atoms with Crippen LogP contribution < -0.4 is 5.73 Å². The van der Waals surface area contributed by atoms with Gasteiger partial charge in [-0.3, -0.25) is 0 Å². The SMILES string of the molecule is NC1(c2cccc(F)c2)CCC(O)CC1. The molecule has 0 amide bonds. The van der Waals surface area contributed by atoms with E-state index < -0.39 is 5.54 Å². The van der Waals surface area contributed by atoms with Crippen molar-refractivity contribution >= 4 is 0 Å². The van der Waals surface area contributed by atoms with Crippen molar-refractivity contribution in [3.05, 3.63) is 35.6 Å². The highest BCUT2D eigenvalue weighted by Gasteiger charge is 2.32. The summed E-state index contributed by atoms with van der Waals surface area (Å²) < 4.78 is 13.1. The molecule has 0 spiro atoms. The molecule has 0 bridgehead atoms. The van der Waals surface area contributed by atoms with E-state index in [-0.39, 0.29) is 11.9 Å². The minimum Gasteiger partial charge on any atom is -0.393 e. The average molecular weight is 209 g/mol. The van der Waals surface area contributed by atoms with Crippen molar-refractivity contribution in [2.45, 2.75) is 37.3 Å². The molecule has 0 atom stereocenters. The lowest BCUT2D eigenvalue weighted by Crippen LogP contribution is -2.41. The topological polar surface area (TPSA) is 46.2 Å². The summed E-state index contributed by atoms with van der Waals surface area (Å²) in [5, 5.41) is 9.41. The highest BCUT2D eigenvalue weighted by Crippen LogP contribution is 2.34. The first-order chi connectivity index (χ1) is 7.10. The Labute approximate surface area is 88.9 Å². The van der Waals surface area contributed by atoms with Crippen LogP contribution in [0, 0.1) is 5.82 Å². The number of aliphatic hydroxyl groups excluding tert-OH is 1. The number of hydrogen-bond acceptors (Lipinski definition) is 2. The van der Waals surface area contributed by atoms with Gasteiger partial charge in [0.15, 0.2) is 0 Å². The molecule has 1 aliphatic carbocycles. The van der Waals surface area contributed by atoms with Gasteiger partial charge in [0.25, 0.3) is 0 Å². The number of rotatable bonds is 1. The predicted molar refractivity (Wildman–Crippen MR) is 56.7 cm³/mol. The van der Waals surface area contributed by atoms with Crippen LogP contribution in [0.1, 0.15) is 31.2 Å². The van der Waals surface area contributed by atoms with Gasteiger partial charge in [0.2, 0.25) is 0 Å². The summed E-state index contributed by atoms with van der Waals surface area (Å²) in [5.41, 5.74) is 6.62. The zero-order valence-electron chi connectivity index (χ0n) is 8.62. The Hall–Kier alpha value is -0.930. The highest BCUT2D eigenvalue weighted by molar-refractivity contribution is 5.25. The molecule has 1 aromatic carbocycles. The van der Waals surface area contributed by atoms with Gasteiger partial charge in [-0.1, -0.05) is 12.1 Å². The standard InChI is InChI=1S/C12H16FNO/c13-10-3-1-2-9(8-10)12(14)6-4-11(15)5-7-12/h1-3,8,11,15H,4-7,14H2. The van der Waals surface area contributed by atoms with E-state index in [9.17, 15) is 9.50 Å². The molecule has 1 aliphatic rings. The fourth-order valence-electron chi connectivity index (χ4n) is 2.20. The van der Waals surface area contributed by atoms with Crippen LogP contribution in [-0.2, 0) is 5.54 Å². The van der Waals surface area contributed by atoms with Crippen molar-refractivity contribution in [3.63, 3.8) is 0 Å². The van der Waals surface area contributed by atoms with Gasteiger partial charge in [0.1, 0.15) is 5.82 Å². The Morgan fingerprint density at radius 3 is 2.60 bits per heavy atom. The Kier molecular flexibility index (Phi) is 2.76. The van der Waals surface area contributed by atoms with Crippen LogP contribution in [0.5, 0.6) is 0 Å². The maximum atomic E-state index is 13.1. The fraction of sp³-hybridized carbons (Fsp3) is 0.500. The molecule has 1 saturated carbocycles. The van der Waals surface area contributed by atoms with E-state index in [0.717, 1.165) is 18.4 Å². The van der Waals surface area contributed by atoms with Crippen LogP contribution in [-0.4, -0.2) is 11.2 Å². The predicted octanol–water partition coefficient (Wildman–Crippen LogP) is 1.91. The van der Waals surface area contributed by atoms with E-state index in [4.69, 9.17) is 5.73 Å². The Bertz CT molecular complexity index is 345. The molecule has 1 aromatic rings. The normalized spacial score (nSPS) is 31.5. The first-order valence-electron chi connectivity index (χ1n) is 5.33. The van der Waals surface area contributed by atoms with E-state index in [0.29, 0.717) is 12.8 Å². The van der Waals surface area contributed by atoms with Gasteiger partial charge >= 0.3 is 0 Å². The molecular weight excluding hydrogens is 193 g/mol. The quantitative estimate of drug-likeness (QED) is 0.742. The van der Waals surface area contributed by atoms with Gasteiger partial charge in [-0.05, 0) is 43.4 Å². The average Bonchev–Trinajstić information content (AvgIpc) is 2.23. The van der Waals surface area contributed by atoms with Gasteiger partial charge in [-0.25, -0.2) is 4.39 Å². The molecule has 3 heteroatoms. The third kappa shape index (κ3) is 2.19. The van der Waals surface area contributed by atoms with Crippen LogP contribution in [0.25, 0.3) is 0 Å². The van der Waals surface area contributed by atoms with Gasteiger partial charge in [-0.2, -0.15) is 0 Å². The second kappa shape index (κ2) is 3.91. The molecule has 0 aromatic heterocycles. The van der Waals surface area contributed by atoms with Crippen LogP contribution >= 0.6 is 0 Å². The van der Waals surface area contributed by atoms with E-state index >= 15 is 0 Å². The van der Waals surface area contributed by atoms with Crippen molar-refractivity contribution in [1.82, 2.24) is 0 Å². The Morgan fingerprint density at radius 2 is 2.00 bits per heavy atom. The van der Waals surface area contributed by atoms with Crippen molar-refractivity contribution in [1.29, 1.82) is 0 Å². The lowest BCUT2D eigenvalue weighted by atomic mass is 9.76. The lowest BCUT2D eigenvalue weighted by Gasteiger charge is -2.36. The summed E-state index contributed by atoms with van der Waals surface area (Å²) in [4.78, 5) is 0. The van der Waals surface area contributed by atoms with E-state index in [2.05, 4.69) is 0 Å². The molecule has 0 heterocycles. The third-order valence-electron chi connectivity index (χ3n) is 3.25. The van der Waals surface area contributed by atoms with Crippen molar-refractivity contribution in [2.75, 3.05) is 0 Å². The highest BCUT2D eigenvalue weighted by atomic mass is 19.1. The molecule has 2 rings (SSSR count). The summed E-state index contributed by atoms with van der Waals surface area (Å²) in [7, 11) is 0. The molecule has 82 valence electrons. The first-order valence-corrected chi connectivity index (χ1v) is 5.33. The summed E-state index contributed by atoms with van der Waals surface area (Å²) in [5.74, 6) is -0.247. The zero-order chi connectivity index (χ0) is 10.9. The van der Waals surface area contributed by atoms with Crippen LogP contribution in [0.3, 0.4) is 0 Å². The van der Waals surface area contributed by atoms with Crippen LogP contribution in [0.4, 0.5) is 4.39 Å². The fourth-order valence-corrected chi connectivity index (χ4v) is 2.20. The minimum atomic E-state index is -0.457. The first kappa shape index (κ1) is 10.6. The molecule has 0 radical (unpaired) electrons. The molecule has 15 heavy (non-hydrogen) atoms. The summed E-state index contributed by atoms with van der Waals surface area (Å²) >= 11 is 0. The third-order valence-corrected chi connectivity index (χ3v) is 3.25. The van der Waals surface area contributed by atoms with Gasteiger partial charge in [0, 0.05) is 5.54 Å². The van der Waals surface area contributed by atoms with Gasteiger partial charge < -0.3 is 10.8 Å². The molecule has 0 aliphatic heterocycles. The molecule has 2 nitrogen and oxygen atoms in total. The van der Waals surface area contributed by atoms with Crippen LogP contribution in [0.15, 0.2) is 24.3 Å². The number of nitrogens with two attached hydrogens (primary N) is 1. The van der Waals surface area contributed by atoms with Gasteiger partial charge in [-0.15, -0.1) is 0 Å². The largest absolute Gasteiger partial charge is 0.393 e. The van der Waals surface area contributed by atoms with Crippen molar-refractivity contribution < 1.29 is 9.50 Å². The van der Waals surface area contributed by atoms with E-state index in [1.54, 1.807) is 6.07 Å². The maximum Gasteiger partial charge on any atom is 0.123 e. The number of benzene rings is 1. The molecular formula is C12H16FNO. The minimum absolute atomic E-state index is 0.241. The Morgan fingerprint density at radius 1 is 1.33 bits per heavy atom. The smallest absolute Gasteiger partial charge is 0.123 e. The molecule has 3 N–H and O–H groups in total. The number of hydrogen-bond donors (Lipinski definition) is 2. The second-order valence-electron chi connectivity index (χ2n) is 4.40. The maximum absolute atomic E-state index is 13.1. The Balaban J connectivity index is 2.22. The molecule has 0 unspecified atom stereocenters. The van der Waals surface area contributed by atoms with Crippen LogP contribution in [0.2, 0.25) is 0 Å². The molecule has 0 saturated heterocycles. The summed E-state index contributed by atoms with van der Waals surface area (Å²) in [6, 6.07) is 6.47. The van der Waals surface area contributed by atoms with E-state index in [1.807, 2.05) is 6.07 Å². The number of halogens is 1. The summed E-state index contributed by atoms with van der Waals surface area (Å²) in [6.45, 7) is 0. The summed E-state index contributed by atoms with van der Waals surface area (Å²) in [6.07, 6.45) is 2.60. The zero-order valence-corrected chi connectivity index (χ0v) is 8.62.